The molecule has 254 valence electrons. The summed E-state index contributed by atoms with van der Waals surface area (Å²) in [5.41, 5.74) is 0. The van der Waals surface area contributed by atoms with E-state index in [0.717, 1.165) is 51.2 Å². The average Bonchev–Trinajstić information content (AvgIpc) is 2.99. The molecule has 43 heavy (non-hydrogen) atoms. The molecule has 0 saturated carbocycles. The highest BCUT2D eigenvalue weighted by atomic mass is 31.2. The molecule has 0 aliphatic heterocycles. The summed E-state index contributed by atoms with van der Waals surface area (Å²) < 4.78 is 32.2. The zero-order valence-electron chi connectivity index (χ0n) is 26.5. The van der Waals surface area contributed by atoms with Crippen molar-refractivity contribution in [3.8, 4) is 0 Å². The van der Waals surface area contributed by atoms with Crippen LogP contribution in [-0.2, 0) is 37.5 Å². The monoisotopic (exact) mass is 638 g/mol. The number of esters is 2. The third-order valence-electron chi connectivity index (χ3n) is 6.98. The first-order chi connectivity index (χ1) is 20.7. The highest BCUT2D eigenvalue weighted by Crippen LogP contribution is 2.43. The number of phosphoric ester groups is 1. The molecule has 0 rings (SSSR count). The van der Waals surface area contributed by atoms with Crippen molar-refractivity contribution >= 4 is 26.0 Å². The maximum atomic E-state index is 12.3. The Morgan fingerprint density at radius 1 is 0.698 bits per heavy atom. The fourth-order valence-electron chi connectivity index (χ4n) is 4.38. The van der Waals surface area contributed by atoms with Gasteiger partial charge in [0.2, 0.25) is 0 Å². The number of carbonyl (C=O) groups excluding carboxylic acids is 3. The summed E-state index contributed by atoms with van der Waals surface area (Å²) in [6.07, 6.45) is 18.8. The maximum absolute atomic E-state index is 12.3. The van der Waals surface area contributed by atoms with Crippen LogP contribution in [0.15, 0.2) is 0 Å². The minimum absolute atomic E-state index is 0.118. The lowest BCUT2D eigenvalue weighted by Crippen LogP contribution is -2.29. The van der Waals surface area contributed by atoms with Crippen LogP contribution in [0, 0.1) is 0 Å². The van der Waals surface area contributed by atoms with E-state index >= 15 is 0 Å². The lowest BCUT2D eigenvalue weighted by atomic mass is 10.0. The summed E-state index contributed by atoms with van der Waals surface area (Å²) in [6, 6.07) is 0. The van der Waals surface area contributed by atoms with Crippen LogP contribution in [0.4, 0.5) is 0 Å². The van der Waals surface area contributed by atoms with E-state index in [1.807, 2.05) is 0 Å². The van der Waals surface area contributed by atoms with E-state index in [1.54, 1.807) is 0 Å². The van der Waals surface area contributed by atoms with Gasteiger partial charge < -0.3 is 29.4 Å². The molecule has 0 aliphatic carbocycles. The second-order valence-corrected chi connectivity index (χ2v) is 12.6. The van der Waals surface area contributed by atoms with Gasteiger partial charge in [-0.25, -0.2) is 4.57 Å². The van der Waals surface area contributed by atoms with E-state index in [2.05, 4.69) is 11.4 Å². The molecule has 0 heterocycles. The van der Waals surface area contributed by atoms with Crippen molar-refractivity contribution in [1.29, 1.82) is 0 Å². The van der Waals surface area contributed by atoms with Gasteiger partial charge in [0, 0.05) is 19.3 Å². The van der Waals surface area contributed by atoms with Crippen molar-refractivity contribution in [2.24, 2.45) is 0 Å². The topological polar surface area (TPSA) is 166 Å². The number of aliphatic hydroxyl groups is 2. The first kappa shape index (κ1) is 41.6. The van der Waals surface area contributed by atoms with Gasteiger partial charge in [0.1, 0.15) is 19.0 Å². The van der Waals surface area contributed by atoms with E-state index in [-0.39, 0.29) is 19.4 Å². The zero-order valence-corrected chi connectivity index (χ0v) is 27.4. The lowest BCUT2D eigenvalue weighted by molar-refractivity contribution is -0.161. The van der Waals surface area contributed by atoms with Crippen LogP contribution in [0.3, 0.4) is 0 Å². The fraction of sp³-hybridized carbons (Fsp3) is 0.903. The van der Waals surface area contributed by atoms with Gasteiger partial charge in [0.15, 0.2) is 6.10 Å². The molecule has 0 aromatic carbocycles. The number of aldehydes is 1. The SMILES string of the molecule is CCCCCCCCCCCCCCCC(=O)OC[C@H](COP(=O)(O)OC[C@@H](O)CO)OC(=O)CCCCCCCC=O. The average molecular weight is 639 g/mol. The molecule has 0 aromatic rings. The first-order valence-corrected chi connectivity index (χ1v) is 17.9. The molecule has 0 aliphatic rings. The van der Waals surface area contributed by atoms with Crippen LogP contribution in [0.25, 0.3) is 0 Å². The summed E-state index contributed by atoms with van der Waals surface area (Å²) in [7, 11) is -4.62. The minimum Gasteiger partial charge on any atom is -0.462 e. The highest BCUT2D eigenvalue weighted by molar-refractivity contribution is 7.47. The van der Waals surface area contributed by atoms with Gasteiger partial charge >= 0.3 is 19.8 Å². The Morgan fingerprint density at radius 2 is 1.16 bits per heavy atom. The number of phosphoric acid groups is 1. The molecule has 11 nitrogen and oxygen atoms in total. The molecule has 0 amide bonds. The normalized spacial score (nSPS) is 14.1. The van der Waals surface area contributed by atoms with Gasteiger partial charge in [0.25, 0.3) is 0 Å². The van der Waals surface area contributed by atoms with Crippen LogP contribution < -0.4 is 0 Å². The molecule has 12 heteroatoms. The molecule has 0 bridgehead atoms. The van der Waals surface area contributed by atoms with Crippen LogP contribution in [-0.4, -0.2) is 72.0 Å². The maximum Gasteiger partial charge on any atom is 0.472 e. The fourth-order valence-corrected chi connectivity index (χ4v) is 5.17. The molecule has 1 unspecified atom stereocenters. The number of hydrogen-bond donors (Lipinski definition) is 3. The van der Waals surface area contributed by atoms with Crippen molar-refractivity contribution in [1.82, 2.24) is 0 Å². The lowest BCUT2D eigenvalue weighted by Gasteiger charge is -2.20. The van der Waals surface area contributed by atoms with Crippen molar-refractivity contribution in [2.75, 3.05) is 26.4 Å². The Morgan fingerprint density at radius 3 is 1.67 bits per heavy atom. The highest BCUT2D eigenvalue weighted by Gasteiger charge is 2.27. The van der Waals surface area contributed by atoms with E-state index in [1.165, 1.54) is 57.8 Å². The Hall–Kier alpha value is -1.36. The van der Waals surface area contributed by atoms with Gasteiger partial charge in [-0.2, -0.15) is 0 Å². The zero-order chi connectivity index (χ0) is 32.0. The minimum atomic E-state index is -4.62. The summed E-state index contributed by atoms with van der Waals surface area (Å²) in [5, 5.41) is 18.1. The molecule has 0 radical (unpaired) electrons. The third kappa shape index (κ3) is 29.1. The second kappa shape index (κ2) is 29.4. The molecular weight excluding hydrogens is 579 g/mol. The van der Waals surface area contributed by atoms with Gasteiger partial charge in [0.05, 0.1) is 19.8 Å². The largest absolute Gasteiger partial charge is 0.472 e. The van der Waals surface area contributed by atoms with Crippen molar-refractivity contribution in [3.05, 3.63) is 0 Å². The van der Waals surface area contributed by atoms with Crippen LogP contribution in [0.1, 0.15) is 142 Å². The van der Waals surface area contributed by atoms with Crippen molar-refractivity contribution in [2.45, 2.75) is 154 Å². The summed E-state index contributed by atoms with van der Waals surface area (Å²) in [6.45, 7) is 0.0392. The van der Waals surface area contributed by atoms with Gasteiger partial charge in [-0.05, 0) is 19.3 Å². The quantitative estimate of drug-likeness (QED) is 0.0326. The molecule has 0 spiro atoms. The second-order valence-electron chi connectivity index (χ2n) is 11.2. The standard InChI is InChI=1S/C31H59O11P/c1-2-3-4-5-6-7-8-9-10-11-12-15-18-21-30(35)39-26-29(27-41-43(37,38)40-25-28(34)24-33)42-31(36)22-19-16-13-14-17-20-23-32/h23,28-29,33-34H,2-22,24-27H2,1H3,(H,37,38)/t28-,29+/m0/s1. The predicted octanol–water partition coefficient (Wildman–Crippen LogP) is 6.34. The number of ether oxygens (including phenoxy) is 2. The number of carbonyl (C=O) groups is 3. The predicted molar refractivity (Wildman–Crippen MR) is 164 cm³/mol. The Labute approximate surface area is 259 Å². The first-order valence-electron chi connectivity index (χ1n) is 16.4. The molecule has 3 N–H and O–H groups in total. The third-order valence-corrected chi connectivity index (χ3v) is 7.93. The van der Waals surface area contributed by atoms with E-state index < -0.39 is 51.8 Å². The number of rotatable bonds is 32. The van der Waals surface area contributed by atoms with Crippen LogP contribution >= 0.6 is 7.82 Å². The molecule has 0 saturated heterocycles. The molecule has 0 fully saturated rings. The van der Waals surface area contributed by atoms with E-state index in [0.29, 0.717) is 19.3 Å². The Kier molecular flexibility index (Phi) is 28.4. The molecule has 0 aromatic heterocycles. The smallest absolute Gasteiger partial charge is 0.462 e. The van der Waals surface area contributed by atoms with E-state index in [4.69, 9.17) is 19.1 Å². The Bertz CT molecular complexity index is 735. The molecular formula is C31H59O11P. The molecule has 3 atom stereocenters. The van der Waals surface area contributed by atoms with Crippen molar-refractivity contribution < 1.29 is 52.6 Å². The summed E-state index contributed by atoms with van der Waals surface area (Å²) >= 11 is 0. The van der Waals surface area contributed by atoms with E-state index in [9.17, 15) is 28.9 Å². The van der Waals surface area contributed by atoms with Crippen molar-refractivity contribution in [3.63, 3.8) is 0 Å². The Balaban J connectivity index is 4.35. The van der Waals surface area contributed by atoms with Gasteiger partial charge in [-0.1, -0.05) is 103 Å². The summed E-state index contributed by atoms with van der Waals surface area (Å²) in [4.78, 5) is 44.8. The number of aliphatic hydroxyl groups excluding tert-OH is 2. The van der Waals surface area contributed by atoms with Crippen LogP contribution in [0.2, 0.25) is 0 Å². The number of hydrogen-bond acceptors (Lipinski definition) is 10. The van der Waals surface area contributed by atoms with Gasteiger partial charge in [-0.3, -0.25) is 18.6 Å². The van der Waals surface area contributed by atoms with Gasteiger partial charge in [-0.15, -0.1) is 0 Å². The number of unbranched alkanes of at least 4 members (excludes halogenated alkanes) is 17. The summed E-state index contributed by atoms with van der Waals surface area (Å²) in [5.74, 6) is -1.01. The van der Waals surface area contributed by atoms with Crippen LogP contribution in [0.5, 0.6) is 0 Å².